The van der Waals surface area contributed by atoms with Gasteiger partial charge in [-0.05, 0) is 31.4 Å². The van der Waals surface area contributed by atoms with Gasteiger partial charge in [0.2, 0.25) is 0 Å². The Morgan fingerprint density at radius 3 is 2.57 bits per heavy atom. The molecule has 0 unspecified atom stereocenters. The summed E-state index contributed by atoms with van der Waals surface area (Å²) in [6.07, 6.45) is 0.604. The molecule has 8 nitrogen and oxygen atoms in total. The van der Waals surface area contributed by atoms with Gasteiger partial charge in [0, 0.05) is 36.4 Å². The van der Waals surface area contributed by atoms with Crippen molar-refractivity contribution in [3.05, 3.63) is 66.6 Å². The van der Waals surface area contributed by atoms with E-state index >= 15 is 0 Å². The minimum atomic E-state index is -0.915. The van der Waals surface area contributed by atoms with Crippen LogP contribution >= 0.6 is 11.3 Å². The summed E-state index contributed by atoms with van der Waals surface area (Å²) in [4.78, 5) is 40.6. The third-order valence-corrected chi connectivity index (χ3v) is 5.75. The van der Waals surface area contributed by atoms with E-state index in [2.05, 4.69) is 4.98 Å². The van der Waals surface area contributed by atoms with E-state index in [1.807, 2.05) is 13.8 Å². The zero-order valence-electron chi connectivity index (χ0n) is 15.5. The fourth-order valence-electron chi connectivity index (χ4n) is 3.04. The van der Waals surface area contributed by atoms with Crippen LogP contribution in [-0.2, 0) is 17.8 Å². The summed E-state index contributed by atoms with van der Waals surface area (Å²) in [5.41, 5.74) is 1.50. The summed E-state index contributed by atoms with van der Waals surface area (Å²) in [7, 11) is 0. The van der Waals surface area contributed by atoms with E-state index in [1.165, 1.54) is 28.0 Å². The first kappa shape index (κ1) is 19.7. The van der Waals surface area contributed by atoms with Crippen molar-refractivity contribution in [2.24, 2.45) is 0 Å². The largest absolute Gasteiger partial charge is 0.481 e. The van der Waals surface area contributed by atoms with Gasteiger partial charge in [0.05, 0.1) is 10.3 Å². The average molecular weight is 401 g/mol. The molecule has 0 aliphatic rings. The predicted molar refractivity (Wildman–Crippen MR) is 106 cm³/mol. The molecule has 0 aliphatic heterocycles. The van der Waals surface area contributed by atoms with Gasteiger partial charge in [-0.25, -0.2) is 4.98 Å². The third kappa shape index (κ3) is 3.94. The Morgan fingerprint density at radius 2 is 1.96 bits per heavy atom. The summed E-state index contributed by atoms with van der Waals surface area (Å²) < 4.78 is 1.53. The number of non-ortho nitro benzene ring substituents is 1. The zero-order valence-corrected chi connectivity index (χ0v) is 16.3. The highest BCUT2D eigenvalue weighted by Crippen LogP contribution is 2.27. The van der Waals surface area contributed by atoms with Crippen molar-refractivity contribution in [1.29, 1.82) is 0 Å². The molecule has 3 aromatic rings. The number of hydrogen-bond acceptors (Lipinski definition) is 6. The molecule has 9 heteroatoms. The summed E-state index contributed by atoms with van der Waals surface area (Å²) in [5, 5.41) is 20.3. The smallest absolute Gasteiger partial charge is 0.303 e. The lowest BCUT2D eigenvalue weighted by Crippen LogP contribution is -2.26. The number of aromatic nitrogens is 2. The number of aliphatic carboxylic acids is 1. The number of thiophene rings is 1. The maximum atomic E-state index is 13.1. The monoisotopic (exact) mass is 401 g/mol. The van der Waals surface area contributed by atoms with Crippen molar-refractivity contribution < 1.29 is 14.8 Å². The highest BCUT2D eigenvalue weighted by molar-refractivity contribution is 7.18. The number of carboxylic acid groups (broad SMARTS) is 1. The van der Waals surface area contributed by atoms with E-state index in [0.717, 1.165) is 16.0 Å². The third-order valence-electron chi connectivity index (χ3n) is 4.65. The topological polar surface area (TPSA) is 115 Å². The van der Waals surface area contributed by atoms with E-state index in [-0.39, 0.29) is 24.2 Å². The number of hydrogen-bond donors (Lipinski definition) is 1. The molecule has 1 N–H and O–H groups in total. The number of aryl methyl sites for hydroxylation is 2. The van der Waals surface area contributed by atoms with Crippen LogP contribution in [0.15, 0.2) is 29.1 Å². The number of nitro groups is 1. The number of rotatable bonds is 7. The molecule has 0 bridgehead atoms. The highest BCUT2D eigenvalue weighted by atomic mass is 32.1. The van der Waals surface area contributed by atoms with E-state index in [0.29, 0.717) is 28.9 Å². The molecule has 0 spiro atoms. The van der Waals surface area contributed by atoms with Gasteiger partial charge in [-0.3, -0.25) is 24.3 Å². The second-order valence-corrected chi connectivity index (χ2v) is 7.75. The van der Waals surface area contributed by atoms with Crippen molar-refractivity contribution in [1.82, 2.24) is 9.55 Å². The lowest BCUT2D eigenvalue weighted by atomic mass is 10.1. The van der Waals surface area contributed by atoms with E-state index < -0.39 is 10.9 Å². The second kappa shape index (κ2) is 7.89. The molecule has 0 saturated carbocycles. The fraction of sp³-hybridized carbons (Fsp3) is 0.316. The minimum absolute atomic E-state index is 0.00415. The van der Waals surface area contributed by atoms with Crippen LogP contribution in [0.4, 0.5) is 5.69 Å². The number of fused-ring (bicyclic) bond motifs is 1. The first-order valence-electron chi connectivity index (χ1n) is 8.72. The molecule has 2 aromatic heterocycles. The first-order valence-corrected chi connectivity index (χ1v) is 9.54. The molecule has 1 aromatic carbocycles. The fourth-order valence-corrected chi connectivity index (χ4v) is 4.08. The molecule has 0 radical (unpaired) electrons. The molecule has 0 fully saturated rings. The van der Waals surface area contributed by atoms with Gasteiger partial charge in [0.1, 0.15) is 10.7 Å². The Bertz CT molecular complexity index is 1120. The van der Waals surface area contributed by atoms with Gasteiger partial charge in [-0.1, -0.05) is 12.1 Å². The van der Waals surface area contributed by atoms with E-state index in [1.54, 1.807) is 12.1 Å². The molecule has 0 saturated heterocycles. The van der Waals surface area contributed by atoms with Crippen LogP contribution in [0.25, 0.3) is 10.2 Å². The molecule has 28 heavy (non-hydrogen) atoms. The summed E-state index contributed by atoms with van der Waals surface area (Å²) in [5.74, 6) is -0.389. The standard InChI is InChI=1S/C19H19N3O5S/c1-11-12(2)28-18-17(11)19(25)21(9-3-4-16(23)24)15(20-18)10-13-5-7-14(8-6-13)22(26)27/h5-8H,3-4,9-10H2,1-2H3,(H,23,24). The zero-order chi connectivity index (χ0) is 20.4. The van der Waals surface area contributed by atoms with Gasteiger partial charge >= 0.3 is 5.97 Å². The predicted octanol–water partition coefficient (Wildman–Crippen LogP) is 3.44. The second-order valence-electron chi connectivity index (χ2n) is 6.55. The van der Waals surface area contributed by atoms with E-state index in [9.17, 15) is 19.7 Å². The maximum Gasteiger partial charge on any atom is 0.303 e. The molecule has 3 rings (SSSR count). The van der Waals surface area contributed by atoms with Crippen LogP contribution in [0.1, 0.15) is 34.7 Å². The minimum Gasteiger partial charge on any atom is -0.481 e. The van der Waals surface area contributed by atoms with Gasteiger partial charge in [-0.15, -0.1) is 11.3 Å². The van der Waals surface area contributed by atoms with Gasteiger partial charge in [-0.2, -0.15) is 0 Å². The number of nitrogens with zero attached hydrogens (tertiary/aromatic N) is 3. The van der Waals surface area contributed by atoms with Crippen LogP contribution in [0.2, 0.25) is 0 Å². The molecule has 0 amide bonds. The van der Waals surface area contributed by atoms with Crippen molar-refractivity contribution in [2.45, 2.75) is 39.7 Å². The number of carbonyl (C=O) groups is 1. The van der Waals surface area contributed by atoms with Crippen LogP contribution in [0, 0.1) is 24.0 Å². The van der Waals surface area contributed by atoms with Crippen LogP contribution in [0.5, 0.6) is 0 Å². The highest BCUT2D eigenvalue weighted by Gasteiger charge is 2.17. The van der Waals surface area contributed by atoms with Crippen molar-refractivity contribution in [3.63, 3.8) is 0 Å². The molecular weight excluding hydrogens is 382 g/mol. The maximum absolute atomic E-state index is 13.1. The molecule has 0 atom stereocenters. The van der Waals surface area contributed by atoms with E-state index in [4.69, 9.17) is 5.11 Å². The summed E-state index contributed by atoms with van der Waals surface area (Å²) >= 11 is 1.45. The van der Waals surface area contributed by atoms with Crippen molar-refractivity contribution >= 4 is 33.2 Å². The van der Waals surface area contributed by atoms with Crippen molar-refractivity contribution in [2.75, 3.05) is 0 Å². The Hall–Kier alpha value is -3.07. The number of carboxylic acids is 1. The molecular formula is C19H19N3O5S. The van der Waals surface area contributed by atoms with Crippen molar-refractivity contribution in [3.8, 4) is 0 Å². The van der Waals surface area contributed by atoms with Gasteiger partial charge < -0.3 is 5.11 Å². The Kier molecular flexibility index (Phi) is 5.55. The molecule has 2 heterocycles. The Balaban J connectivity index is 2.04. The van der Waals surface area contributed by atoms with Crippen LogP contribution < -0.4 is 5.56 Å². The first-order chi connectivity index (χ1) is 13.3. The normalized spacial score (nSPS) is 11.1. The quantitative estimate of drug-likeness (QED) is 0.479. The average Bonchev–Trinajstić information content (AvgIpc) is 2.92. The lowest BCUT2D eigenvalue weighted by molar-refractivity contribution is -0.384. The van der Waals surface area contributed by atoms with Gasteiger partial charge in [0.25, 0.3) is 11.2 Å². The Labute approximate surface area is 164 Å². The molecule has 0 aliphatic carbocycles. The Morgan fingerprint density at radius 1 is 1.29 bits per heavy atom. The lowest BCUT2D eigenvalue weighted by Gasteiger charge is -2.12. The molecule has 146 valence electrons. The number of benzene rings is 1. The SMILES string of the molecule is Cc1sc2nc(Cc3ccc([N+](=O)[O-])cc3)n(CCCC(=O)O)c(=O)c2c1C. The van der Waals surface area contributed by atoms with Crippen LogP contribution in [-0.4, -0.2) is 25.6 Å². The summed E-state index contributed by atoms with van der Waals surface area (Å²) in [6, 6.07) is 6.11. The van der Waals surface area contributed by atoms with Gasteiger partial charge in [0.15, 0.2) is 0 Å². The summed E-state index contributed by atoms with van der Waals surface area (Å²) in [6.45, 7) is 4.07. The number of nitro benzene ring substituents is 1. The van der Waals surface area contributed by atoms with Crippen LogP contribution in [0.3, 0.4) is 0 Å².